The summed E-state index contributed by atoms with van der Waals surface area (Å²) < 4.78 is 1.70. The molecule has 4 rings (SSSR count). The van der Waals surface area contributed by atoms with Crippen LogP contribution in [0.15, 0.2) is 48.9 Å². The third kappa shape index (κ3) is 2.37. The molecule has 3 aromatic rings. The molecule has 0 radical (unpaired) electrons. The summed E-state index contributed by atoms with van der Waals surface area (Å²) in [6.45, 7) is -0.0949. The molecule has 1 aliphatic rings. The van der Waals surface area contributed by atoms with Gasteiger partial charge in [0, 0.05) is 6.20 Å². The second kappa shape index (κ2) is 5.17. The van der Waals surface area contributed by atoms with Crippen LogP contribution < -0.4 is 5.32 Å². The van der Waals surface area contributed by atoms with E-state index in [0.29, 0.717) is 24.1 Å². The minimum absolute atomic E-state index is 0.0949. The van der Waals surface area contributed by atoms with Crippen LogP contribution >= 0.6 is 0 Å². The summed E-state index contributed by atoms with van der Waals surface area (Å²) in [4.78, 5) is 12.6. The summed E-state index contributed by atoms with van der Waals surface area (Å²) in [6.07, 6.45) is 4.53. The largest absolute Gasteiger partial charge is 0.394 e. The fraction of sp³-hybridized carbons (Fsp3) is 0.235. The summed E-state index contributed by atoms with van der Waals surface area (Å²) >= 11 is 0. The van der Waals surface area contributed by atoms with Gasteiger partial charge in [-0.3, -0.25) is 9.20 Å². The number of nitrogens with zero attached hydrogens (tertiary/aromatic N) is 3. The number of aliphatic hydroxyl groups is 1. The van der Waals surface area contributed by atoms with Crippen LogP contribution in [0.5, 0.6) is 0 Å². The average molecular weight is 308 g/mol. The normalized spacial score (nSPS) is 15.5. The van der Waals surface area contributed by atoms with Crippen molar-refractivity contribution in [2.45, 2.75) is 18.4 Å². The number of aliphatic hydroxyl groups excluding tert-OH is 1. The van der Waals surface area contributed by atoms with Crippen molar-refractivity contribution in [3.8, 4) is 0 Å². The maximum absolute atomic E-state index is 12.6. The highest BCUT2D eigenvalue weighted by Gasteiger charge is 2.38. The fourth-order valence-electron chi connectivity index (χ4n) is 3.21. The molecule has 23 heavy (non-hydrogen) atoms. The molecule has 116 valence electrons. The first-order valence-corrected chi connectivity index (χ1v) is 7.49. The van der Waals surface area contributed by atoms with Gasteiger partial charge in [-0.15, -0.1) is 10.2 Å². The van der Waals surface area contributed by atoms with Gasteiger partial charge < -0.3 is 10.4 Å². The molecule has 1 aromatic carbocycles. The van der Waals surface area contributed by atoms with Gasteiger partial charge in [-0.1, -0.05) is 24.3 Å². The highest BCUT2D eigenvalue weighted by Crippen LogP contribution is 2.30. The van der Waals surface area contributed by atoms with Crippen LogP contribution in [0, 0.1) is 0 Å². The number of carbonyl (C=O) groups excluding carboxylic acids is 1. The van der Waals surface area contributed by atoms with Gasteiger partial charge in [-0.2, -0.15) is 0 Å². The van der Waals surface area contributed by atoms with Crippen molar-refractivity contribution >= 4 is 11.6 Å². The number of nitrogens with one attached hydrogen (secondary N) is 1. The van der Waals surface area contributed by atoms with Crippen molar-refractivity contribution in [1.29, 1.82) is 0 Å². The SMILES string of the molecule is O=C(NC1(CO)Cc2ccccc2C1)c1ccc2nncn2c1. The third-order valence-electron chi connectivity index (χ3n) is 4.41. The molecule has 0 unspecified atom stereocenters. The number of amides is 1. The third-order valence-corrected chi connectivity index (χ3v) is 4.41. The lowest BCUT2D eigenvalue weighted by Gasteiger charge is -2.28. The van der Waals surface area contributed by atoms with Crippen molar-refractivity contribution in [1.82, 2.24) is 19.9 Å². The van der Waals surface area contributed by atoms with E-state index in [4.69, 9.17) is 0 Å². The van der Waals surface area contributed by atoms with Crippen LogP contribution in [0.1, 0.15) is 21.5 Å². The molecule has 6 heteroatoms. The number of aromatic nitrogens is 3. The molecule has 2 aromatic heterocycles. The molecule has 0 aliphatic heterocycles. The van der Waals surface area contributed by atoms with Crippen LogP contribution in [-0.2, 0) is 12.8 Å². The van der Waals surface area contributed by atoms with Gasteiger partial charge in [-0.25, -0.2) is 0 Å². The lowest BCUT2D eigenvalue weighted by molar-refractivity contribution is 0.0842. The first-order chi connectivity index (χ1) is 11.2. The molecule has 1 aliphatic carbocycles. The van der Waals surface area contributed by atoms with Gasteiger partial charge >= 0.3 is 0 Å². The predicted molar refractivity (Wildman–Crippen MR) is 84.1 cm³/mol. The van der Waals surface area contributed by atoms with Gasteiger partial charge in [0.2, 0.25) is 0 Å². The van der Waals surface area contributed by atoms with Crippen molar-refractivity contribution in [3.63, 3.8) is 0 Å². The molecule has 1 amide bonds. The Bertz CT molecular complexity index is 862. The van der Waals surface area contributed by atoms with E-state index in [1.165, 1.54) is 11.1 Å². The Morgan fingerprint density at radius 2 is 1.96 bits per heavy atom. The smallest absolute Gasteiger partial charge is 0.253 e. The number of pyridine rings is 1. The van der Waals surface area contributed by atoms with E-state index in [9.17, 15) is 9.90 Å². The monoisotopic (exact) mass is 308 g/mol. The Balaban J connectivity index is 1.60. The zero-order valence-electron chi connectivity index (χ0n) is 12.4. The van der Waals surface area contributed by atoms with E-state index < -0.39 is 5.54 Å². The quantitative estimate of drug-likeness (QED) is 0.756. The molecule has 0 atom stereocenters. The molecular weight excluding hydrogens is 292 g/mol. The van der Waals surface area contributed by atoms with Crippen LogP contribution in [-0.4, -0.2) is 37.8 Å². The lowest BCUT2D eigenvalue weighted by atomic mass is 9.96. The van der Waals surface area contributed by atoms with Crippen molar-refractivity contribution < 1.29 is 9.90 Å². The molecule has 0 spiro atoms. The minimum Gasteiger partial charge on any atom is -0.394 e. The van der Waals surface area contributed by atoms with Gasteiger partial charge in [-0.05, 0) is 36.1 Å². The number of fused-ring (bicyclic) bond motifs is 2. The Morgan fingerprint density at radius 1 is 1.22 bits per heavy atom. The Hall–Kier alpha value is -2.73. The lowest BCUT2D eigenvalue weighted by Crippen LogP contribution is -2.52. The summed E-state index contributed by atoms with van der Waals surface area (Å²) in [5.74, 6) is -0.206. The standard InChI is InChI=1S/C17H16N4O2/c22-10-17(7-12-3-1-2-4-13(12)8-17)19-16(23)14-5-6-15-20-18-11-21(15)9-14/h1-6,9,11,22H,7-8,10H2,(H,19,23). The second-order valence-corrected chi connectivity index (χ2v) is 6.03. The Kier molecular flexibility index (Phi) is 3.12. The average Bonchev–Trinajstić information content (AvgIpc) is 3.18. The number of hydrogen-bond donors (Lipinski definition) is 2. The predicted octanol–water partition coefficient (Wildman–Crippen LogP) is 0.989. The number of benzene rings is 1. The summed E-state index contributed by atoms with van der Waals surface area (Å²) in [5.41, 5.74) is 2.92. The van der Waals surface area contributed by atoms with E-state index in [1.807, 2.05) is 24.3 Å². The molecular formula is C17H16N4O2. The first-order valence-electron chi connectivity index (χ1n) is 7.49. The molecule has 0 bridgehead atoms. The van der Waals surface area contributed by atoms with Crippen LogP contribution in [0.3, 0.4) is 0 Å². The number of carbonyl (C=O) groups is 1. The topological polar surface area (TPSA) is 79.5 Å². The Morgan fingerprint density at radius 3 is 2.65 bits per heavy atom. The van der Waals surface area contributed by atoms with Gasteiger partial charge in [0.25, 0.3) is 5.91 Å². The van der Waals surface area contributed by atoms with Crippen LogP contribution in [0.4, 0.5) is 0 Å². The summed E-state index contributed by atoms with van der Waals surface area (Å²) in [5, 5.41) is 20.6. The zero-order valence-corrected chi connectivity index (χ0v) is 12.4. The van der Waals surface area contributed by atoms with Crippen molar-refractivity contribution in [2.24, 2.45) is 0 Å². The van der Waals surface area contributed by atoms with E-state index in [1.54, 1.807) is 29.1 Å². The molecule has 6 nitrogen and oxygen atoms in total. The van der Waals surface area contributed by atoms with Crippen LogP contribution in [0.25, 0.3) is 5.65 Å². The number of rotatable bonds is 3. The summed E-state index contributed by atoms with van der Waals surface area (Å²) in [6, 6.07) is 11.5. The molecule has 2 N–H and O–H groups in total. The van der Waals surface area contributed by atoms with E-state index in [2.05, 4.69) is 15.5 Å². The van der Waals surface area contributed by atoms with Crippen molar-refractivity contribution in [3.05, 3.63) is 65.6 Å². The fourth-order valence-corrected chi connectivity index (χ4v) is 3.21. The molecule has 0 saturated heterocycles. The van der Waals surface area contributed by atoms with Gasteiger partial charge in [0.1, 0.15) is 6.33 Å². The second-order valence-electron chi connectivity index (χ2n) is 6.03. The summed E-state index contributed by atoms with van der Waals surface area (Å²) in [7, 11) is 0. The van der Waals surface area contributed by atoms with Gasteiger partial charge in [0.15, 0.2) is 5.65 Å². The van der Waals surface area contributed by atoms with Gasteiger partial charge in [0.05, 0.1) is 17.7 Å². The highest BCUT2D eigenvalue weighted by atomic mass is 16.3. The minimum atomic E-state index is -0.636. The zero-order chi connectivity index (χ0) is 15.9. The maximum atomic E-state index is 12.6. The highest BCUT2D eigenvalue weighted by molar-refractivity contribution is 5.94. The molecule has 2 heterocycles. The maximum Gasteiger partial charge on any atom is 0.253 e. The van der Waals surface area contributed by atoms with E-state index >= 15 is 0 Å². The first kappa shape index (κ1) is 13.9. The van der Waals surface area contributed by atoms with Crippen molar-refractivity contribution in [2.75, 3.05) is 6.61 Å². The van der Waals surface area contributed by atoms with Crippen LogP contribution in [0.2, 0.25) is 0 Å². The van der Waals surface area contributed by atoms with E-state index in [-0.39, 0.29) is 12.5 Å². The van der Waals surface area contributed by atoms with E-state index in [0.717, 1.165) is 0 Å². The molecule has 0 saturated carbocycles. The molecule has 0 fully saturated rings. The number of hydrogen-bond acceptors (Lipinski definition) is 4. The Labute approximate surface area is 132 Å².